The van der Waals surface area contributed by atoms with Gasteiger partial charge in [0.1, 0.15) is 12.4 Å². The lowest BCUT2D eigenvalue weighted by molar-refractivity contribution is -0.703. The molecular weight excluding hydrogens is 508 g/mol. The van der Waals surface area contributed by atoms with E-state index in [9.17, 15) is 0 Å². The lowest BCUT2D eigenvalue weighted by Crippen LogP contribution is -2.37. The van der Waals surface area contributed by atoms with E-state index in [0.717, 1.165) is 0 Å². The Labute approximate surface area is 266 Å². The van der Waals surface area contributed by atoms with Crippen molar-refractivity contribution in [1.29, 1.82) is 0 Å². The second-order valence-corrected chi connectivity index (χ2v) is 13.8. The van der Waals surface area contributed by atoms with Crippen LogP contribution in [0.15, 0.2) is 12.4 Å². The fourth-order valence-electron chi connectivity index (χ4n) is 6.74. The van der Waals surface area contributed by atoms with Crippen molar-refractivity contribution >= 4 is 0 Å². The number of hydrogen-bond acceptors (Lipinski definition) is 0. The summed E-state index contributed by atoms with van der Waals surface area (Å²) >= 11 is 0. The van der Waals surface area contributed by atoms with Crippen molar-refractivity contribution in [2.75, 3.05) is 0 Å². The van der Waals surface area contributed by atoms with Gasteiger partial charge in [-0.2, -0.15) is 0 Å². The van der Waals surface area contributed by atoms with Crippen molar-refractivity contribution in [2.45, 2.75) is 239 Å². The summed E-state index contributed by atoms with van der Waals surface area (Å²) in [5, 5.41) is 0. The molecule has 0 aromatic carbocycles. The predicted molar refractivity (Wildman–Crippen MR) is 188 cm³/mol. The molecule has 0 saturated carbocycles. The summed E-state index contributed by atoms with van der Waals surface area (Å²) in [7, 11) is 0. The van der Waals surface area contributed by atoms with Gasteiger partial charge in [0.25, 0.3) is 5.82 Å². The van der Waals surface area contributed by atoms with Crippen LogP contribution in [0.25, 0.3) is 0 Å². The maximum Gasteiger partial charge on any atom is 0.256 e. The summed E-state index contributed by atoms with van der Waals surface area (Å²) in [4.78, 5) is 0. The molecule has 1 aromatic heterocycles. The topological polar surface area (TPSA) is 8.81 Å². The molecule has 0 aliphatic carbocycles. The highest BCUT2D eigenvalue weighted by atomic mass is 15.1. The summed E-state index contributed by atoms with van der Waals surface area (Å²) in [5.41, 5.74) is 0. The Morgan fingerprint density at radius 1 is 0.405 bits per heavy atom. The fourth-order valence-corrected chi connectivity index (χ4v) is 6.74. The molecule has 0 amide bonds. The van der Waals surface area contributed by atoms with E-state index < -0.39 is 0 Å². The number of rotatable bonds is 34. The molecule has 0 aliphatic rings. The van der Waals surface area contributed by atoms with E-state index in [2.05, 4.69) is 42.3 Å². The van der Waals surface area contributed by atoms with Gasteiger partial charge in [-0.05, 0) is 25.7 Å². The molecule has 0 fully saturated rings. The quantitative estimate of drug-likeness (QED) is 0.0560. The molecule has 42 heavy (non-hydrogen) atoms. The van der Waals surface area contributed by atoms with E-state index in [1.807, 2.05) is 0 Å². The van der Waals surface area contributed by atoms with Crippen LogP contribution in [-0.4, -0.2) is 4.57 Å². The Balaban J connectivity index is 2.01. The molecule has 1 rings (SSSR count). The average molecular weight is 588 g/mol. The minimum atomic E-state index is 1.18. The summed E-state index contributed by atoms with van der Waals surface area (Å²) in [6.07, 6.45) is 50.6. The fraction of sp³-hybridized carbons (Fsp3) is 0.925. The van der Waals surface area contributed by atoms with Gasteiger partial charge in [-0.1, -0.05) is 194 Å². The molecular formula is C40H79N2+. The van der Waals surface area contributed by atoms with Gasteiger partial charge in [0.05, 0.1) is 13.1 Å². The largest absolute Gasteiger partial charge is 0.256 e. The molecule has 0 unspecified atom stereocenters. The van der Waals surface area contributed by atoms with Crippen molar-refractivity contribution in [3.63, 3.8) is 0 Å². The number of hydrogen-bond donors (Lipinski definition) is 0. The van der Waals surface area contributed by atoms with Crippen molar-refractivity contribution in [2.24, 2.45) is 0 Å². The van der Waals surface area contributed by atoms with Gasteiger partial charge in [0.15, 0.2) is 0 Å². The van der Waals surface area contributed by atoms with E-state index in [-0.39, 0.29) is 0 Å². The van der Waals surface area contributed by atoms with Crippen molar-refractivity contribution in [1.82, 2.24) is 4.57 Å². The molecule has 0 N–H and O–H groups in total. The van der Waals surface area contributed by atoms with Gasteiger partial charge in [-0.15, -0.1) is 0 Å². The van der Waals surface area contributed by atoms with Gasteiger partial charge in [0, 0.05) is 6.42 Å². The molecule has 248 valence electrons. The Kier molecular flexibility index (Phi) is 29.5. The van der Waals surface area contributed by atoms with E-state index in [0.29, 0.717) is 0 Å². The lowest BCUT2D eigenvalue weighted by Gasteiger charge is -2.06. The summed E-state index contributed by atoms with van der Waals surface area (Å²) in [5.74, 6) is 1.59. The average Bonchev–Trinajstić information content (AvgIpc) is 3.38. The minimum absolute atomic E-state index is 1.18. The minimum Gasteiger partial charge on any atom is -0.234 e. The van der Waals surface area contributed by atoms with E-state index in [4.69, 9.17) is 0 Å². The normalized spacial score (nSPS) is 11.6. The Hall–Kier alpha value is -0.790. The molecule has 0 radical (unpaired) electrons. The molecule has 2 nitrogen and oxygen atoms in total. The van der Waals surface area contributed by atoms with Crippen LogP contribution in [0.3, 0.4) is 0 Å². The second kappa shape index (κ2) is 31.6. The van der Waals surface area contributed by atoms with Gasteiger partial charge >= 0.3 is 0 Å². The van der Waals surface area contributed by atoms with Gasteiger partial charge in [-0.25, -0.2) is 9.13 Å². The molecule has 0 spiro atoms. The van der Waals surface area contributed by atoms with Gasteiger partial charge < -0.3 is 0 Å². The van der Waals surface area contributed by atoms with Crippen LogP contribution in [0.2, 0.25) is 0 Å². The highest BCUT2D eigenvalue weighted by Gasteiger charge is 2.15. The molecule has 0 aliphatic heterocycles. The second-order valence-electron chi connectivity index (χ2n) is 13.8. The first-order valence-corrected chi connectivity index (χ1v) is 19.9. The molecule has 0 saturated heterocycles. The number of unbranched alkanes of at least 4 members (excludes halogenated alkanes) is 28. The van der Waals surface area contributed by atoms with Gasteiger partial charge in [0.2, 0.25) is 0 Å². The van der Waals surface area contributed by atoms with E-state index >= 15 is 0 Å². The molecule has 2 heteroatoms. The highest BCUT2D eigenvalue weighted by Crippen LogP contribution is 2.16. The maximum atomic E-state index is 2.60. The van der Waals surface area contributed by atoms with Crippen LogP contribution in [0.5, 0.6) is 0 Å². The molecule has 0 atom stereocenters. The number of nitrogens with zero attached hydrogens (tertiary/aromatic N) is 2. The van der Waals surface area contributed by atoms with E-state index in [1.54, 1.807) is 5.82 Å². The predicted octanol–water partition coefficient (Wildman–Crippen LogP) is 13.5. The summed E-state index contributed by atoms with van der Waals surface area (Å²) < 4.78 is 5.15. The number of aryl methyl sites for hydroxylation is 2. The van der Waals surface area contributed by atoms with Crippen LogP contribution in [0.1, 0.15) is 226 Å². The van der Waals surface area contributed by atoms with E-state index in [1.165, 1.54) is 219 Å². The van der Waals surface area contributed by atoms with Crippen molar-refractivity contribution in [3.05, 3.63) is 18.2 Å². The van der Waals surface area contributed by atoms with Gasteiger partial charge in [-0.3, -0.25) is 0 Å². The monoisotopic (exact) mass is 588 g/mol. The van der Waals surface area contributed by atoms with Crippen molar-refractivity contribution in [3.8, 4) is 0 Å². The first-order chi connectivity index (χ1) is 20.8. The molecule has 1 heterocycles. The molecule has 1 aromatic rings. The first kappa shape index (κ1) is 39.2. The standard InChI is InChI=1S/C40H79N2/c1-4-7-9-11-13-15-17-19-21-22-24-26-28-30-32-34-37-42-39-38-41(36-6-3)40(42)35-33-31-29-27-25-23-20-18-16-14-12-10-8-5-2/h38-39H,4-37H2,1-3H3/q+1. The third kappa shape index (κ3) is 23.6. The van der Waals surface area contributed by atoms with Crippen LogP contribution >= 0.6 is 0 Å². The number of imidazole rings is 1. The van der Waals surface area contributed by atoms with Crippen molar-refractivity contribution < 1.29 is 4.57 Å². The third-order valence-corrected chi connectivity index (χ3v) is 9.56. The lowest BCUT2D eigenvalue weighted by atomic mass is 10.0. The zero-order valence-electron chi connectivity index (χ0n) is 29.6. The summed E-state index contributed by atoms with van der Waals surface area (Å²) in [6, 6.07) is 0. The first-order valence-electron chi connectivity index (χ1n) is 19.9. The third-order valence-electron chi connectivity index (χ3n) is 9.56. The maximum absolute atomic E-state index is 2.60. The Bertz CT molecular complexity index is 648. The Morgan fingerprint density at radius 2 is 0.738 bits per heavy atom. The Morgan fingerprint density at radius 3 is 1.10 bits per heavy atom. The van der Waals surface area contributed by atoms with Crippen LogP contribution in [0, 0.1) is 0 Å². The summed E-state index contributed by atoms with van der Waals surface area (Å²) in [6.45, 7) is 9.34. The highest BCUT2D eigenvalue weighted by molar-refractivity contribution is 4.84. The zero-order chi connectivity index (χ0) is 30.2. The molecule has 0 bridgehead atoms. The smallest absolute Gasteiger partial charge is 0.234 e. The van der Waals surface area contributed by atoms with Crippen LogP contribution < -0.4 is 4.57 Å². The van der Waals surface area contributed by atoms with Crippen LogP contribution in [-0.2, 0) is 19.5 Å². The zero-order valence-corrected chi connectivity index (χ0v) is 29.6. The van der Waals surface area contributed by atoms with Crippen LogP contribution in [0.4, 0.5) is 0 Å². The SMILES string of the molecule is CCCCCCCCCCCCCCCCCCn1cc[n+](CCC)c1CCCCCCCCCCCCCCCC. The number of aromatic nitrogens is 2.